The van der Waals surface area contributed by atoms with E-state index in [1.54, 1.807) is 5.56 Å². The minimum absolute atomic E-state index is 0.0736. The van der Waals surface area contributed by atoms with E-state index in [1.807, 2.05) is 0 Å². The second kappa shape index (κ2) is 9.19. The van der Waals surface area contributed by atoms with Crippen molar-refractivity contribution in [3.05, 3.63) is 47.0 Å². The van der Waals surface area contributed by atoms with Gasteiger partial charge in [0, 0.05) is 5.54 Å². The summed E-state index contributed by atoms with van der Waals surface area (Å²) in [6, 6.07) is 7.19. The lowest BCUT2D eigenvalue weighted by atomic mass is 9.85. The third-order valence-electron chi connectivity index (χ3n) is 6.55. The van der Waals surface area contributed by atoms with Gasteiger partial charge in [0.2, 0.25) is 0 Å². The van der Waals surface area contributed by atoms with Crippen LogP contribution in [0.25, 0.3) is 0 Å². The first-order valence-corrected chi connectivity index (χ1v) is 10.8. The van der Waals surface area contributed by atoms with Gasteiger partial charge in [-0.05, 0) is 74.0 Å². The highest BCUT2D eigenvalue weighted by Crippen LogP contribution is 2.42. The van der Waals surface area contributed by atoms with Crippen LogP contribution >= 0.6 is 0 Å². The molecule has 0 unspecified atom stereocenters. The predicted octanol–water partition coefficient (Wildman–Crippen LogP) is 5.68. The third kappa shape index (κ3) is 4.98. The lowest BCUT2D eigenvalue weighted by Gasteiger charge is -2.26. The van der Waals surface area contributed by atoms with E-state index < -0.39 is 0 Å². The van der Waals surface area contributed by atoms with Crippen molar-refractivity contribution < 1.29 is 4.74 Å². The fraction of sp³-hybridized carbons (Fsp3) is 0.667. The maximum Gasteiger partial charge on any atom is 0.0651 e. The van der Waals surface area contributed by atoms with E-state index in [9.17, 15) is 0 Å². The summed E-state index contributed by atoms with van der Waals surface area (Å²) in [5.74, 6) is 0.660. The van der Waals surface area contributed by atoms with Crippen LogP contribution in [0.1, 0.15) is 87.8 Å². The Balaban J connectivity index is 1.52. The molecule has 2 N–H and O–H groups in total. The van der Waals surface area contributed by atoms with Crippen molar-refractivity contribution in [2.75, 3.05) is 6.61 Å². The molecule has 0 heterocycles. The average molecular weight is 356 g/mol. The van der Waals surface area contributed by atoms with E-state index in [4.69, 9.17) is 10.5 Å². The number of hydrogen-bond donors (Lipinski definition) is 1. The summed E-state index contributed by atoms with van der Waals surface area (Å²) >= 11 is 0. The number of rotatable bonds is 8. The number of unbranched alkanes of at least 4 members (excludes halogenated alkanes) is 2. The van der Waals surface area contributed by atoms with Gasteiger partial charge in [-0.25, -0.2) is 0 Å². The molecular formula is C24H37NO. The van der Waals surface area contributed by atoms with Gasteiger partial charge in [0.25, 0.3) is 0 Å². The number of aryl methyl sites for hydroxylation is 1. The molecule has 0 aromatic heterocycles. The molecule has 2 aliphatic rings. The molecule has 26 heavy (non-hydrogen) atoms. The molecule has 0 saturated heterocycles. The summed E-state index contributed by atoms with van der Waals surface area (Å²) in [7, 11) is 0. The molecule has 144 valence electrons. The third-order valence-corrected chi connectivity index (χ3v) is 6.55. The molecule has 1 aromatic rings. The quantitative estimate of drug-likeness (QED) is 0.481. The zero-order chi connectivity index (χ0) is 18.4. The van der Waals surface area contributed by atoms with Gasteiger partial charge in [-0.3, -0.25) is 0 Å². The van der Waals surface area contributed by atoms with Gasteiger partial charge in [-0.2, -0.15) is 0 Å². The SMILES string of the molecule is CCCC/C=C\CO[C@H]1CCc2cc([C@H]3CC[C@](N)(CC)C3)ccc2C1. The van der Waals surface area contributed by atoms with E-state index in [-0.39, 0.29) is 5.54 Å². The first-order valence-electron chi connectivity index (χ1n) is 10.8. The molecule has 2 heteroatoms. The number of allylic oxidation sites excluding steroid dienone is 1. The van der Waals surface area contributed by atoms with Crippen LogP contribution < -0.4 is 5.73 Å². The normalized spacial score (nSPS) is 28.6. The Morgan fingerprint density at radius 2 is 2.08 bits per heavy atom. The molecule has 0 spiro atoms. The van der Waals surface area contributed by atoms with E-state index >= 15 is 0 Å². The van der Waals surface area contributed by atoms with Crippen LogP contribution in [0.2, 0.25) is 0 Å². The fourth-order valence-corrected chi connectivity index (χ4v) is 4.60. The molecular weight excluding hydrogens is 318 g/mol. The summed E-state index contributed by atoms with van der Waals surface area (Å²) in [5.41, 5.74) is 11.1. The summed E-state index contributed by atoms with van der Waals surface area (Å²) in [6.45, 7) is 5.23. The minimum atomic E-state index is 0.0736. The Hall–Kier alpha value is -1.12. The van der Waals surface area contributed by atoms with Crippen molar-refractivity contribution in [3.8, 4) is 0 Å². The van der Waals surface area contributed by atoms with Crippen LogP contribution in [-0.4, -0.2) is 18.2 Å². The Bertz CT molecular complexity index is 608. The van der Waals surface area contributed by atoms with Crippen LogP contribution in [0.5, 0.6) is 0 Å². The molecule has 0 radical (unpaired) electrons. The minimum Gasteiger partial charge on any atom is -0.374 e. The molecule has 0 bridgehead atoms. The lowest BCUT2D eigenvalue weighted by Crippen LogP contribution is -2.35. The van der Waals surface area contributed by atoms with Crippen molar-refractivity contribution >= 4 is 0 Å². The number of ether oxygens (including phenoxy) is 1. The summed E-state index contributed by atoms with van der Waals surface area (Å²) in [6.07, 6.45) is 16.6. The van der Waals surface area contributed by atoms with Crippen molar-refractivity contribution in [1.82, 2.24) is 0 Å². The van der Waals surface area contributed by atoms with E-state index in [2.05, 4.69) is 44.2 Å². The van der Waals surface area contributed by atoms with Gasteiger partial charge >= 0.3 is 0 Å². The summed E-state index contributed by atoms with van der Waals surface area (Å²) in [5, 5.41) is 0. The molecule has 2 nitrogen and oxygen atoms in total. The zero-order valence-corrected chi connectivity index (χ0v) is 16.8. The van der Waals surface area contributed by atoms with Gasteiger partial charge in [-0.15, -0.1) is 0 Å². The van der Waals surface area contributed by atoms with Gasteiger partial charge < -0.3 is 10.5 Å². The van der Waals surface area contributed by atoms with Crippen molar-refractivity contribution in [2.24, 2.45) is 5.73 Å². The Morgan fingerprint density at radius 1 is 1.19 bits per heavy atom. The maximum absolute atomic E-state index is 6.50. The van der Waals surface area contributed by atoms with Crippen LogP contribution in [0.4, 0.5) is 0 Å². The van der Waals surface area contributed by atoms with Gasteiger partial charge in [0.05, 0.1) is 12.7 Å². The van der Waals surface area contributed by atoms with Crippen LogP contribution in [-0.2, 0) is 17.6 Å². The Kier molecular flexibility index (Phi) is 6.94. The highest BCUT2D eigenvalue weighted by atomic mass is 16.5. The molecule has 2 aliphatic carbocycles. The molecule has 1 saturated carbocycles. The highest BCUT2D eigenvalue weighted by Gasteiger charge is 2.35. The lowest BCUT2D eigenvalue weighted by molar-refractivity contribution is 0.0641. The van der Waals surface area contributed by atoms with Crippen LogP contribution in [0, 0.1) is 0 Å². The molecule has 3 rings (SSSR count). The van der Waals surface area contributed by atoms with Gasteiger partial charge in [-0.1, -0.05) is 57.0 Å². The number of hydrogen-bond acceptors (Lipinski definition) is 2. The van der Waals surface area contributed by atoms with E-state index in [0.29, 0.717) is 12.0 Å². The largest absolute Gasteiger partial charge is 0.374 e. The number of nitrogens with two attached hydrogens (primary N) is 1. The summed E-state index contributed by atoms with van der Waals surface area (Å²) < 4.78 is 6.09. The van der Waals surface area contributed by atoms with Crippen molar-refractivity contribution in [1.29, 1.82) is 0 Å². The topological polar surface area (TPSA) is 35.2 Å². The second-order valence-corrected chi connectivity index (χ2v) is 8.50. The molecule has 0 aliphatic heterocycles. The van der Waals surface area contributed by atoms with Gasteiger partial charge in [0.15, 0.2) is 0 Å². The van der Waals surface area contributed by atoms with Crippen molar-refractivity contribution in [2.45, 2.75) is 95.6 Å². The smallest absolute Gasteiger partial charge is 0.0651 e. The van der Waals surface area contributed by atoms with Crippen LogP contribution in [0.15, 0.2) is 30.4 Å². The second-order valence-electron chi connectivity index (χ2n) is 8.50. The first kappa shape index (κ1) is 19.6. The Morgan fingerprint density at radius 3 is 2.85 bits per heavy atom. The number of benzene rings is 1. The number of fused-ring (bicyclic) bond motifs is 1. The monoisotopic (exact) mass is 355 g/mol. The summed E-state index contributed by atoms with van der Waals surface area (Å²) in [4.78, 5) is 0. The van der Waals surface area contributed by atoms with E-state index in [0.717, 1.165) is 38.7 Å². The first-order chi connectivity index (χ1) is 12.6. The molecule has 1 aromatic carbocycles. The van der Waals surface area contributed by atoms with E-state index in [1.165, 1.54) is 43.2 Å². The Labute approximate surface area is 160 Å². The standard InChI is InChI=1S/C24H37NO/c1-3-5-6-7-8-15-26-23-12-11-19-16-20(9-10-21(19)17-23)22-13-14-24(25,4-2)18-22/h7-10,16,22-23H,3-6,11-15,17-18,25H2,1-2H3/b8-7-/t22-,23-,24+/m0/s1. The molecule has 3 atom stereocenters. The highest BCUT2D eigenvalue weighted by molar-refractivity contribution is 5.36. The van der Waals surface area contributed by atoms with Crippen LogP contribution in [0.3, 0.4) is 0 Å². The zero-order valence-electron chi connectivity index (χ0n) is 16.8. The maximum atomic E-state index is 6.50. The average Bonchev–Trinajstić information content (AvgIpc) is 3.07. The molecule has 0 amide bonds. The molecule has 1 fully saturated rings. The fourth-order valence-electron chi connectivity index (χ4n) is 4.60. The predicted molar refractivity (Wildman–Crippen MR) is 111 cm³/mol. The van der Waals surface area contributed by atoms with Crippen molar-refractivity contribution in [3.63, 3.8) is 0 Å². The van der Waals surface area contributed by atoms with Gasteiger partial charge in [0.1, 0.15) is 0 Å².